The van der Waals surface area contributed by atoms with Crippen LogP contribution in [0.1, 0.15) is 29.3 Å². The van der Waals surface area contributed by atoms with Crippen molar-refractivity contribution in [1.82, 2.24) is 15.2 Å². The number of imide groups is 1. The number of carbonyl (C=O) groups is 3. The lowest BCUT2D eigenvalue weighted by molar-refractivity contribution is -0.137. The number of hydrogen-bond donors (Lipinski definition) is 0. The van der Waals surface area contributed by atoms with Crippen LogP contribution >= 0.6 is 11.8 Å². The molecule has 0 bridgehead atoms. The first-order chi connectivity index (χ1) is 15.6. The Balaban J connectivity index is 1.51. The summed E-state index contributed by atoms with van der Waals surface area (Å²) in [6.07, 6.45) is -3.22. The Morgan fingerprint density at radius 3 is 2.33 bits per heavy atom. The zero-order chi connectivity index (χ0) is 23.8. The van der Waals surface area contributed by atoms with Gasteiger partial charge in [0.1, 0.15) is 5.25 Å². The van der Waals surface area contributed by atoms with Crippen molar-refractivity contribution in [1.29, 1.82) is 0 Å². The van der Waals surface area contributed by atoms with E-state index in [0.29, 0.717) is 16.8 Å². The Hall–Kier alpha value is -3.60. The van der Waals surface area contributed by atoms with Gasteiger partial charge < -0.3 is 0 Å². The van der Waals surface area contributed by atoms with E-state index < -0.39 is 28.8 Å². The van der Waals surface area contributed by atoms with E-state index in [0.717, 1.165) is 28.8 Å². The van der Waals surface area contributed by atoms with Gasteiger partial charge in [0, 0.05) is 17.5 Å². The van der Waals surface area contributed by atoms with Crippen molar-refractivity contribution in [2.45, 2.75) is 29.9 Å². The van der Waals surface area contributed by atoms with E-state index in [9.17, 15) is 27.6 Å². The first kappa shape index (κ1) is 22.6. The van der Waals surface area contributed by atoms with Gasteiger partial charge in [0.05, 0.1) is 23.1 Å². The summed E-state index contributed by atoms with van der Waals surface area (Å²) in [5.41, 5.74) is 0.726. The van der Waals surface area contributed by atoms with Crippen molar-refractivity contribution >= 4 is 35.0 Å². The minimum atomic E-state index is -4.45. The van der Waals surface area contributed by atoms with E-state index in [1.807, 2.05) is 0 Å². The highest BCUT2D eigenvalue weighted by Gasteiger charge is 2.40. The van der Waals surface area contributed by atoms with E-state index >= 15 is 0 Å². The fourth-order valence-corrected chi connectivity index (χ4v) is 4.18. The molecule has 1 fully saturated rings. The molecule has 0 N–H and O–H groups in total. The summed E-state index contributed by atoms with van der Waals surface area (Å²) in [6.45, 7) is 1.42. The normalized spacial score (nSPS) is 16.4. The standard InChI is InChI=1S/C22H15F3N4O3S/c1-12(30)13-4-8-16(9-5-13)29-19(31)10-18(20(29)32)33-21-27-17(11-26-28-21)14-2-6-15(7-3-14)22(23,24)25/h2-9,11,18H,10H2,1H3. The van der Waals surface area contributed by atoms with Crippen LogP contribution in [-0.4, -0.2) is 38.0 Å². The van der Waals surface area contributed by atoms with Gasteiger partial charge in [0.2, 0.25) is 17.0 Å². The lowest BCUT2D eigenvalue weighted by Crippen LogP contribution is -2.31. The highest BCUT2D eigenvalue weighted by Crippen LogP contribution is 2.34. The molecule has 1 unspecified atom stereocenters. The molecule has 1 aliphatic rings. The fraction of sp³-hybridized carbons (Fsp3) is 0.182. The Morgan fingerprint density at radius 2 is 1.73 bits per heavy atom. The quantitative estimate of drug-likeness (QED) is 0.406. The minimum absolute atomic E-state index is 0.0776. The summed E-state index contributed by atoms with van der Waals surface area (Å²) >= 11 is 0.955. The van der Waals surface area contributed by atoms with Crippen molar-refractivity contribution in [2.75, 3.05) is 4.90 Å². The molecule has 0 radical (unpaired) electrons. The van der Waals surface area contributed by atoms with Crippen LogP contribution in [0.3, 0.4) is 0 Å². The fourth-order valence-electron chi connectivity index (χ4n) is 3.25. The summed E-state index contributed by atoms with van der Waals surface area (Å²) in [4.78, 5) is 42.1. The van der Waals surface area contributed by atoms with E-state index in [1.165, 1.54) is 37.4 Å². The molecule has 0 spiro atoms. The molecule has 7 nitrogen and oxygen atoms in total. The van der Waals surface area contributed by atoms with Crippen molar-refractivity contribution in [3.8, 4) is 11.3 Å². The molecule has 1 aromatic heterocycles. The van der Waals surface area contributed by atoms with Gasteiger partial charge in [-0.25, -0.2) is 9.88 Å². The maximum atomic E-state index is 12.9. The summed E-state index contributed by atoms with van der Waals surface area (Å²) in [5.74, 6) is -0.990. The molecule has 11 heteroatoms. The molecule has 4 rings (SSSR count). The van der Waals surface area contributed by atoms with Crippen LogP contribution in [0.5, 0.6) is 0 Å². The van der Waals surface area contributed by atoms with Crippen molar-refractivity contribution in [3.63, 3.8) is 0 Å². The predicted octanol–water partition coefficient (Wildman–Crippen LogP) is 4.18. The highest BCUT2D eigenvalue weighted by atomic mass is 32.2. The molecule has 168 valence electrons. The van der Waals surface area contributed by atoms with E-state index in [-0.39, 0.29) is 23.1 Å². The van der Waals surface area contributed by atoms with Crippen LogP contribution in [0.15, 0.2) is 59.9 Å². The topological polar surface area (TPSA) is 93.1 Å². The van der Waals surface area contributed by atoms with E-state index in [4.69, 9.17) is 0 Å². The molecule has 0 saturated carbocycles. The predicted molar refractivity (Wildman–Crippen MR) is 113 cm³/mol. The number of hydrogen-bond acceptors (Lipinski definition) is 7. The second-order valence-electron chi connectivity index (χ2n) is 7.18. The smallest absolute Gasteiger partial charge is 0.295 e. The first-order valence-corrected chi connectivity index (χ1v) is 10.5. The molecular formula is C22H15F3N4O3S. The van der Waals surface area contributed by atoms with Crippen LogP contribution in [0.25, 0.3) is 11.3 Å². The van der Waals surface area contributed by atoms with E-state index in [2.05, 4.69) is 15.2 Å². The largest absolute Gasteiger partial charge is 0.416 e. The molecular weight excluding hydrogens is 457 g/mol. The molecule has 2 amide bonds. The zero-order valence-electron chi connectivity index (χ0n) is 17.0. The number of carbonyl (C=O) groups excluding carboxylic acids is 3. The van der Waals surface area contributed by atoms with Gasteiger partial charge in [0.15, 0.2) is 5.78 Å². The Kier molecular flexibility index (Phi) is 5.98. The molecule has 2 aromatic carbocycles. The first-order valence-electron chi connectivity index (χ1n) is 9.65. The second-order valence-corrected chi connectivity index (χ2v) is 8.35. The number of nitrogens with zero attached hydrogens (tertiary/aromatic N) is 4. The van der Waals surface area contributed by atoms with Crippen molar-refractivity contribution < 1.29 is 27.6 Å². The van der Waals surface area contributed by atoms with E-state index in [1.54, 1.807) is 12.1 Å². The third-order valence-electron chi connectivity index (χ3n) is 4.93. The highest BCUT2D eigenvalue weighted by molar-refractivity contribution is 8.00. The number of alkyl halides is 3. The van der Waals surface area contributed by atoms with Crippen LogP contribution in [0, 0.1) is 0 Å². The average Bonchev–Trinajstić information content (AvgIpc) is 3.06. The summed E-state index contributed by atoms with van der Waals surface area (Å²) in [5, 5.41) is 7.04. The third kappa shape index (κ3) is 4.77. The molecule has 1 saturated heterocycles. The molecule has 2 heterocycles. The zero-order valence-corrected chi connectivity index (χ0v) is 17.9. The van der Waals surface area contributed by atoms with Crippen molar-refractivity contribution in [3.05, 3.63) is 65.9 Å². The SMILES string of the molecule is CC(=O)c1ccc(N2C(=O)CC(Sc3nncc(-c4ccc(C(F)(F)F)cc4)n3)C2=O)cc1. The van der Waals surface area contributed by atoms with Gasteiger partial charge in [-0.15, -0.1) is 5.10 Å². The minimum Gasteiger partial charge on any atom is -0.295 e. The number of thioether (sulfide) groups is 1. The Labute approximate surface area is 190 Å². The molecule has 3 aromatic rings. The summed E-state index contributed by atoms with van der Waals surface area (Å²) in [7, 11) is 0. The third-order valence-corrected chi connectivity index (χ3v) is 5.97. The maximum Gasteiger partial charge on any atom is 0.416 e. The summed E-state index contributed by atoms with van der Waals surface area (Å²) in [6, 6.07) is 10.6. The number of amides is 2. The number of rotatable bonds is 5. The number of benzene rings is 2. The lowest BCUT2D eigenvalue weighted by atomic mass is 10.1. The summed E-state index contributed by atoms with van der Waals surface area (Å²) < 4.78 is 38.3. The molecule has 0 aliphatic carbocycles. The number of Topliss-reactive ketones (excluding diaryl/α,β-unsaturated/α-hetero) is 1. The molecule has 1 atom stereocenters. The second kappa shape index (κ2) is 8.74. The lowest BCUT2D eigenvalue weighted by Gasteiger charge is -2.15. The number of anilines is 1. The number of ketones is 1. The number of aromatic nitrogens is 3. The molecule has 1 aliphatic heterocycles. The van der Waals surface area contributed by atoms with Crippen LogP contribution in [0.2, 0.25) is 0 Å². The van der Waals surface area contributed by atoms with Crippen LogP contribution < -0.4 is 4.90 Å². The average molecular weight is 472 g/mol. The molecule has 33 heavy (non-hydrogen) atoms. The van der Waals surface area contributed by atoms with Gasteiger partial charge in [-0.1, -0.05) is 23.9 Å². The van der Waals surface area contributed by atoms with Gasteiger partial charge in [-0.2, -0.15) is 18.3 Å². The monoisotopic (exact) mass is 472 g/mol. The van der Waals surface area contributed by atoms with Gasteiger partial charge in [-0.05, 0) is 43.3 Å². The van der Waals surface area contributed by atoms with Gasteiger partial charge in [-0.3, -0.25) is 14.4 Å². The van der Waals surface area contributed by atoms with Gasteiger partial charge in [0.25, 0.3) is 0 Å². The Morgan fingerprint density at radius 1 is 1.06 bits per heavy atom. The van der Waals surface area contributed by atoms with Gasteiger partial charge >= 0.3 is 6.18 Å². The van der Waals surface area contributed by atoms with Crippen molar-refractivity contribution in [2.24, 2.45) is 0 Å². The Bertz CT molecular complexity index is 1230. The van der Waals surface area contributed by atoms with Crippen LogP contribution in [0.4, 0.5) is 18.9 Å². The number of halogens is 3. The van der Waals surface area contributed by atoms with Crippen LogP contribution in [-0.2, 0) is 15.8 Å². The maximum absolute atomic E-state index is 12.9.